The number of nitrogens with zero attached hydrogens (tertiary/aromatic N) is 2. The average Bonchev–Trinajstić information content (AvgIpc) is 2.55. The topological polar surface area (TPSA) is 104 Å². The van der Waals surface area contributed by atoms with Crippen LogP contribution in [0.1, 0.15) is 10.4 Å². The zero-order valence-electron chi connectivity index (χ0n) is 12.4. The number of hydrogen-bond acceptors (Lipinski definition) is 6. The lowest BCUT2D eigenvalue weighted by molar-refractivity contribution is -0.384. The Hall–Kier alpha value is -3.00. The van der Waals surface area contributed by atoms with Crippen LogP contribution >= 0.6 is 0 Å². The fourth-order valence-corrected chi connectivity index (χ4v) is 1.80. The van der Waals surface area contributed by atoms with E-state index in [1.165, 1.54) is 31.5 Å². The number of carbonyl (C=O) groups is 1. The molecule has 0 aliphatic rings. The fraction of sp³-hybridized carbons (Fsp3) is 0.200. The van der Waals surface area contributed by atoms with Crippen LogP contribution in [0.5, 0.6) is 5.88 Å². The molecule has 0 fully saturated rings. The Morgan fingerprint density at radius 2 is 2.13 bits per heavy atom. The van der Waals surface area contributed by atoms with E-state index in [2.05, 4.69) is 10.3 Å². The minimum absolute atomic E-state index is 0.106. The highest BCUT2D eigenvalue weighted by atomic mass is 16.6. The first kappa shape index (κ1) is 16.4. The summed E-state index contributed by atoms with van der Waals surface area (Å²) in [6.45, 7) is 0.618. The predicted molar refractivity (Wildman–Crippen MR) is 82.7 cm³/mol. The molecule has 0 spiro atoms. The van der Waals surface area contributed by atoms with Gasteiger partial charge in [0.2, 0.25) is 5.88 Å². The lowest BCUT2D eigenvalue weighted by atomic mass is 10.2. The van der Waals surface area contributed by atoms with E-state index in [9.17, 15) is 14.9 Å². The van der Waals surface area contributed by atoms with E-state index in [4.69, 9.17) is 9.47 Å². The van der Waals surface area contributed by atoms with Gasteiger partial charge < -0.3 is 14.8 Å². The first-order chi connectivity index (χ1) is 11.1. The summed E-state index contributed by atoms with van der Waals surface area (Å²) in [7, 11) is 1.54. The second-order valence-electron chi connectivity index (χ2n) is 4.46. The lowest BCUT2D eigenvalue weighted by Gasteiger charge is -2.10. The number of non-ortho nitro benzene ring substituents is 1. The van der Waals surface area contributed by atoms with Crippen LogP contribution in [-0.4, -0.2) is 36.1 Å². The van der Waals surface area contributed by atoms with Crippen molar-refractivity contribution in [1.29, 1.82) is 0 Å². The van der Waals surface area contributed by atoms with Crippen molar-refractivity contribution < 1.29 is 19.2 Å². The van der Waals surface area contributed by atoms with Gasteiger partial charge >= 0.3 is 0 Å². The second kappa shape index (κ2) is 7.85. The molecule has 0 bridgehead atoms. The maximum Gasteiger partial charge on any atom is 0.271 e. The minimum Gasteiger partial charge on any atom is -0.475 e. The molecule has 0 unspecified atom stereocenters. The molecule has 1 amide bonds. The van der Waals surface area contributed by atoms with Gasteiger partial charge in [0, 0.05) is 31.1 Å². The quantitative estimate of drug-likeness (QED) is 0.477. The van der Waals surface area contributed by atoms with E-state index >= 15 is 0 Å². The van der Waals surface area contributed by atoms with Gasteiger partial charge in [0.15, 0.2) is 0 Å². The minimum atomic E-state index is -0.529. The molecule has 8 heteroatoms. The number of hydrogen-bond donors (Lipinski definition) is 1. The van der Waals surface area contributed by atoms with Gasteiger partial charge in [-0.25, -0.2) is 4.98 Å². The fourth-order valence-electron chi connectivity index (χ4n) is 1.80. The molecule has 0 aliphatic carbocycles. The molecule has 1 aromatic carbocycles. The van der Waals surface area contributed by atoms with Crippen molar-refractivity contribution in [3.05, 3.63) is 58.3 Å². The number of nitro benzene ring substituents is 1. The molecular weight excluding hydrogens is 302 g/mol. The third-order valence-electron chi connectivity index (χ3n) is 2.86. The van der Waals surface area contributed by atoms with Gasteiger partial charge in [0.05, 0.1) is 11.5 Å². The summed E-state index contributed by atoms with van der Waals surface area (Å²) in [6, 6.07) is 8.84. The van der Waals surface area contributed by atoms with E-state index < -0.39 is 10.8 Å². The zero-order valence-corrected chi connectivity index (χ0v) is 12.4. The molecule has 0 saturated heterocycles. The van der Waals surface area contributed by atoms with Gasteiger partial charge in [-0.2, -0.15) is 0 Å². The van der Waals surface area contributed by atoms with Crippen LogP contribution in [0, 0.1) is 10.1 Å². The number of rotatable bonds is 7. The Morgan fingerprint density at radius 3 is 2.87 bits per heavy atom. The normalized spacial score (nSPS) is 10.1. The van der Waals surface area contributed by atoms with Crippen molar-refractivity contribution in [2.24, 2.45) is 0 Å². The number of carbonyl (C=O) groups excluding carboxylic acids is 1. The van der Waals surface area contributed by atoms with Crippen molar-refractivity contribution in [3.63, 3.8) is 0 Å². The molecule has 8 nitrogen and oxygen atoms in total. The summed E-state index contributed by atoms with van der Waals surface area (Å²) in [5.74, 6) is -0.293. The number of methoxy groups -OCH3 is 1. The van der Waals surface area contributed by atoms with Gasteiger partial charge in [-0.15, -0.1) is 0 Å². The molecular formula is C15H15N3O5. The highest BCUT2D eigenvalue weighted by Crippen LogP contribution is 2.20. The predicted octanol–water partition coefficient (Wildman–Crippen LogP) is 2.27. The summed E-state index contributed by atoms with van der Waals surface area (Å²) >= 11 is 0. The molecule has 2 rings (SSSR count). The highest BCUT2D eigenvalue weighted by Gasteiger charge is 2.15. The third kappa shape index (κ3) is 4.48. The van der Waals surface area contributed by atoms with Crippen LogP contribution in [-0.2, 0) is 4.74 Å². The van der Waals surface area contributed by atoms with E-state index in [0.29, 0.717) is 12.3 Å². The molecule has 1 heterocycles. The van der Waals surface area contributed by atoms with E-state index in [1.807, 2.05) is 0 Å². The summed E-state index contributed by atoms with van der Waals surface area (Å²) in [6.07, 6.45) is 1.51. The molecule has 0 saturated carbocycles. The molecule has 0 aliphatic heterocycles. The second-order valence-corrected chi connectivity index (χ2v) is 4.46. The van der Waals surface area contributed by atoms with Crippen LogP contribution in [0.15, 0.2) is 42.6 Å². The van der Waals surface area contributed by atoms with Crippen LogP contribution in [0.2, 0.25) is 0 Å². The molecule has 120 valence electrons. The van der Waals surface area contributed by atoms with Crippen molar-refractivity contribution in [1.82, 2.24) is 4.98 Å². The number of benzene rings is 1. The van der Waals surface area contributed by atoms with Crippen molar-refractivity contribution in [3.8, 4) is 5.88 Å². The zero-order chi connectivity index (χ0) is 16.7. The van der Waals surface area contributed by atoms with Crippen LogP contribution < -0.4 is 10.1 Å². The Morgan fingerprint density at radius 1 is 1.30 bits per heavy atom. The Labute approximate surface area is 132 Å². The maximum atomic E-state index is 12.3. The molecule has 2 aromatic rings. The number of pyridine rings is 1. The van der Waals surface area contributed by atoms with E-state index in [0.717, 1.165) is 0 Å². The number of nitro groups is 1. The number of ether oxygens (including phenoxy) is 2. The summed E-state index contributed by atoms with van der Waals surface area (Å²) in [4.78, 5) is 26.6. The van der Waals surface area contributed by atoms with Crippen molar-refractivity contribution in [2.75, 3.05) is 25.6 Å². The van der Waals surface area contributed by atoms with Gasteiger partial charge in [-0.05, 0) is 18.2 Å². The first-order valence-corrected chi connectivity index (χ1v) is 6.74. The van der Waals surface area contributed by atoms with Gasteiger partial charge in [0.25, 0.3) is 11.6 Å². The lowest BCUT2D eigenvalue weighted by Crippen LogP contribution is -2.15. The largest absolute Gasteiger partial charge is 0.475 e. The van der Waals surface area contributed by atoms with E-state index in [-0.39, 0.29) is 23.7 Å². The summed E-state index contributed by atoms with van der Waals surface area (Å²) < 4.78 is 10.3. The molecule has 23 heavy (non-hydrogen) atoms. The SMILES string of the molecule is COCCOc1ncccc1C(=O)Nc1cccc([N+](=O)[O-])c1. The number of aromatic nitrogens is 1. The number of amides is 1. The highest BCUT2D eigenvalue weighted by molar-refractivity contribution is 6.05. The third-order valence-corrected chi connectivity index (χ3v) is 2.86. The molecule has 0 radical (unpaired) electrons. The van der Waals surface area contributed by atoms with Crippen molar-refractivity contribution >= 4 is 17.3 Å². The number of anilines is 1. The van der Waals surface area contributed by atoms with Crippen LogP contribution in [0.4, 0.5) is 11.4 Å². The Kier molecular flexibility index (Phi) is 5.59. The summed E-state index contributed by atoms with van der Waals surface area (Å²) in [5.41, 5.74) is 0.441. The maximum absolute atomic E-state index is 12.3. The molecule has 1 aromatic heterocycles. The summed E-state index contributed by atoms with van der Waals surface area (Å²) in [5, 5.41) is 13.4. The van der Waals surface area contributed by atoms with Gasteiger partial charge in [-0.3, -0.25) is 14.9 Å². The average molecular weight is 317 g/mol. The standard InChI is InChI=1S/C15H15N3O5/c1-22-8-9-23-15-13(6-3-7-16-15)14(19)17-11-4-2-5-12(10-11)18(20)21/h2-7,10H,8-9H2,1H3,(H,17,19). The Bertz CT molecular complexity index is 705. The molecule has 0 atom stereocenters. The van der Waals surface area contributed by atoms with Crippen LogP contribution in [0.3, 0.4) is 0 Å². The van der Waals surface area contributed by atoms with Gasteiger partial charge in [0.1, 0.15) is 12.2 Å². The first-order valence-electron chi connectivity index (χ1n) is 6.74. The monoisotopic (exact) mass is 317 g/mol. The van der Waals surface area contributed by atoms with E-state index in [1.54, 1.807) is 18.2 Å². The van der Waals surface area contributed by atoms with Crippen molar-refractivity contribution in [2.45, 2.75) is 0 Å². The van der Waals surface area contributed by atoms with Gasteiger partial charge in [-0.1, -0.05) is 6.07 Å². The Balaban J connectivity index is 2.14. The smallest absolute Gasteiger partial charge is 0.271 e. The molecule has 1 N–H and O–H groups in total. The van der Waals surface area contributed by atoms with Crippen LogP contribution in [0.25, 0.3) is 0 Å². The number of nitrogens with one attached hydrogen (secondary N) is 1.